The lowest BCUT2D eigenvalue weighted by Gasteiger charge is -2.46. The van der Waals surface area contributed by atoms with Gasteiger partial charge in [-0.05, 0) is 18.4 Å². The van der Waals surface area contributed by atoms with Crippen LogP contribution in [0.15, 0.2) is 30.3 Å². The van der Waals surface area contributed by atoms with Crippen molar-refractivity contribution in [1.82, 2.24) is 9.80 Å². The van der Waals surface area contributed by atoms with E-state index in [-0.39, 0.29) is 23.3 Å². The van der Waals surface area contributed by atoms with Crippen LogP contribution in [-0.4, -0.2) is 47.3 Å². The summed E-state index contributed by atoms with van der Waals surface area (Å²) in [6.07, 6.45) is 1.93. The molecule has 4 heteroatoms. The Labute approximate surface area is 125 Å². The highest BCUT2D eigenvalue weighted by Crippen LogP contribution is 2.45. The van der Waals surface area contributed by atoms with E-state index in [1.807, 2.05) is 15.9 Å². The molecule has 0 radical (unpaired) electrons. The summed E-state index contributed by atoms with van der Waals surface area (Å²) in [5, 5.41) is 0. The molecule has 21 heavy (non-hydrogen) atoms. The third-order valence-electron chi connectivity index (χ3n) is 5.23. The first-order chi connectivity index (χ1) is 10.0. The Morgan fingerprint density at radius 2 is 1.71 bits per heavy atom. The van der Waals surface area contributed by atoms with Crippen LogP contribution < -0.4 is 0 Å². The second kappa shape index (κ2) is 5.17. The molecule has 1 aromatic rings. The summed E-state index contributed by atoms with van der Waals surface area (Å²) in [7, 11) is 0. The first-order valence-corrected chi connectivity index (χ1v) is 7.63. The molecule has 0 aromatic heterocycles. The van der Waals surface area contributed by atoms with Crippen molar-refractivity contribution in [3.63, 3.8) is 0 Å². The number of carbonyl (C=O) groups excluding carboxylic acids is 2. The van der Waals surface area contributed by atoms with E-state index in [1.54, 1.807) is 13.8 Å². The topological polar surface area (TPSA) is 40.6 Å². The minimum atomic E-state index is 0.0128. The van der Waals surface area contributed by atoms with Gasteiger partial charge in [-0.2, -0.15) is 0 Å². The average Bonchev–Trinajstić information content (AvgIpc) is 2.88. The highest BCUT2D eigenvalue weighted by atomic mass is 16.2. The highest BCUT2D eigenvalue weighted by molar-refractivity contribution is 5.76. The van der Waals surface area contributed by atoms with E-state index in [0.29, 0.717) is 6.54 Å². The van der Waals surface area contributed by atoms with Crippen LogP contribution >= 0.6 is 0 Å². The molecule has 112 valence electrons. The number of hydrogen-bond acceptors (Lipinski definition) is 2. The SMILES string of the molecule is CC(=O)N1CC[C@]2(c3ccccc3)CCN(C(C)=O)[C@H]2C1. The molecule has 0 aliphatic carbocycles. The van der Waals surface area contributed by atoms with Gasteiger partial charge in [0, 0.05) is 38.9 Å². The zero-order valence-electron chi connectivity index (χ0n) is 12.7. The van der Waals surface area contributed by atoms with Gasteiger partial charge in [0.05, 0.1) is 6.04 Å². The number of carbonyl (C=O) groups is 2. The van der Waals surface area contributed by atoms with E-state index < -0.39 is 0 Å². The molecular weight excluding hydrogens is 264 g/mol. The number of nitrogens with zero attached hydrogens (tertiary/aromatic N) is 2. The monoisotopic (exact) mass is 286 g/mol. The van der Waals surface area contributed by atoms with Crippen molar-refractivity contribution in [1.29, 1.82) is 0 Å². The smallest absolute Gasteiger partial charge is 0.219 e. The van der Waals surface area contributed by atoms with Gasteiger partial charge in [-0.15, -0.1) is 0 Å². The molecule has 2 amide bonds. The summed E-state index contributed by atoms with van der Waals surface area (Å²) in [6, 6.07) is 10.6. The highest BCUT2D eigenvalue weighted by Gasteiger charge is 2.52. The van der Waals surface area contributed by atoms with Crippen molar-refractivity contribution in [2.75, 3.05) is 19.6 Å². The van der Waals surface area contributed by atoms with Gasteiger partial charge >= 0.3 is 0 Å². The van der Waals surface area contributed by atoms with Gasteiger partial charge in [-0.3, -0.25) is 9.59 Å². The summed E-state index contributed by atoms with van der Waals surface area (Å²) >= 11 is 0. The second-order valence-corrected chi connectivity index (χ2v) is 6.22. The van der Waals surface area contributed by atoms with Gasteiger partial charge in [0.2, 0.25) is 11.8 Å². The molecule has 4 nitrogen and oxygen atoms in total. The van der Waals surface area contributed by atoms with Crippen LogP contribution in [0.25, 0.3) is 0 Å². The Balaban J connectivity index is 1.99. The molecule has 0 saturated carbocycles. The lowest BCUT2D eigenvalue weighted by atomic mass is 9.69. The van der Waals surface area contributed by atoms with Gasteiger partial charge in [0.15, 0.2) is 0 Å². The van der Waals surface area contributed by atoms with Crippen molar-refractivity contribution >= 4 is 11.8 Å². The average molecular weight is 286 g/mol. The quantitative estimate of drug-likeness (QED) is 0.790. The summed E-state index contributed by atoms with van der Waals surface area (Å²) in [5.74, 6) is 0.218. The van der Waals surface area contributed by atoms with Crippen LogP contribution in [-0.2, 0) is 15.0 Å². The van der Waals surface area contributed by atoms with Crippen LogP contribution in [0.3, 0.4) is 0 Å². The summed E-state index contributed by atoms with van der Waals surface area (Å²) < 4.78 is 0. The Morgan fingerprint density at radius 1 is 1.05 bits per heavy atom. The summed E-state index contributed by atoms with van der Waals surface area (Å²) in [6.45, 7) is 5.48. The number of fused-ring (bicyclic) bond motifs is 1. The molecular formula is C17H22N2O2. The molecule has 2 atom stereocenters. The first kappa shape index (κ1) is 14.1. The summed E-state index contributed by atoms with van der Waals surface area (Å²) in [5.41, 5.74) is 1.32. The second-order valence-electron chi connectivity index (χ2n) is 6.22. The molecule has 0 unspecified atom stereocenters. The number of rotatable bonds is 1. The zero-order chi connectivity index (χ0) is 15.0. The Hall–Kier alpha value is -1.84. The van der Waals surface area contributed by atoms with Crippen molar-refractivity contribution in [2.45, 2.75) is 38.1 Å². The van der Waals surface area contributed by atoms with Crippen molar-refractivity contribution in [2.24, 2.45) is 0 Å². The number of benzene rings is 1. The minimum absolute atomic E-state index is 0.0128. The van der Waals surface area contributed by atoms with Crippen LogP contribution in [0.5, 0.6) is 0 Å². The molecule has 0 spiro atoms. The number of likely N-dealkylation sites (tertiary alicyclic amines) is 2. The lowest BCUT2D eigenvalue weighted by molar-refractivity contribution is -0.136. The van der Waals surface area contributed by atoms with Crippen molar-refractivity contribution in [3.05, 3.63) is 35.9 Å². The lowest BCUT2D eigenvalue weighted by Crippen LogP contribution is -2.57. The minimum Gasteiger partial charge on any atom is -0.341 e. The Morgan fingerprint density at radius 3 is 2.33 bits per heavy atom. The van der Waals surface area contributed by atoms with E-state index >= 15 is 0 Å². The van der Waals surface area contributed by atoms with Crippen LogP contribution in [0.4, 0.5) is 0 Å². The number of hydrogen-bond donors (Lipinski definition) is 0. The maximum absolute atomic E-state index is 12.0. The van der Waals surface area contributed by atoms with E-state index in [9.17, 15) is 9.59 Å². The van der Waals surface area contributed by atoms with Crippen LogP contribution in [0, 0.1) is 0 Å². The predicted octanol–water partition coefficient (Wildman–Crippen LogP) is 1.80. The third-order valence-corrected chi connectivity index (χ3v) is 5.23. The normalized spacial score (nSPS) is 28.4. The van der Waals surface area contributed by atoms with Crippen LogP contribution in [0.1, 0.15) is 32.3 Å². The number of piperidine rings is 1. The molecule has 3 rings (SSSR count). The molecule has 2 aliphatic heterocycles. The molecule has 0 bridgehead atoms. The standard InChI is InChI=1S/C17H22N2O2/c1-13(20)18-10-8-17(15-6-4-3-5-7-15)9-11-19(14(2)21)16(17)12-18/h3-7,16H,8-12H2,1-2H3/t16-,17+/m0/s1. The van der Waals surface area contributed by atoms with Crippen molar-refractivity contribution < 1.29 is 9.59 Å². The zero-order valence-corrected chi connectivity index (χ0v) is 12.7. The van der Waals surface area contributed by atoms with Gasteiger partial charge in [-0.1, -0.05) is 30.3 Å². The Bertz CT molecular complexity index is 557. The van der Waals surface area contributed by atoms with Crippen molar-refractivity contribution in [3.8, 4) is 0 Å². The predicted molar refractivity (Wildman–Crippen MR) is 80.8 cm³/mol. The molecule has 0 N–H and O–H groups in total. The third kappa shape index (κ3) is 2.23. The molecule has 1 aromatic carbocycles. The largest absolute Gasteiger partial charge is 0.341 e. The Kier molecular flexibility index (Phi) is 3.47. The van der Waals surface area contributed by atoms with Gasteiger partial charge in [-0.25, -0.2) is 0 Å². The van der Waals surface area contributed by atoms with E-state index in [2.05, 4.69) is 24.3 Å². The maximum Gasteiger partial charge on any atom is 0.219 e. The maximum atomic E-state index is 12.0. The van der Waals surface area contributed by atoms with E-state index in [0.717, 1.165) is 25.9 Å². The fourth-order valence-electron chi connectivity index (χ4n) is 4.05. The first-order valence-electron chi connectivity index (χ1n) is 7.63. The fraction of sp³-hybridized carbons (Fsp3) is 0.529. The number of amides is 2. The van der Waals surface area contributed by atoms with Crippen LogP contribution in [0.2, 0.25) is 0 Å². The molecule has 2 heterocycles. The fourth-order valence-corrected chi connectivity index (χ4v) is 4.05. The van der Waals surface area contributed by atoms with E-state index in [4.69, 9.17) is 0 Å². The van der Waals surface area contributed by atoms with Gasteiger partial charge in [0.25, 0.3) is 0 Å². The molecule has 2 fully saturated rings. The van der Waals surface area contributed by atoms with E-state index in [1.165, 1.54) is 5.56 Å². The summed E-state index contributed by atoms with van der Waals surface area (Å²) in [4.78, 5) is 27.5. The molecule has 2 saturated heterocycles. The molecule has 2 aliphatic rings. The van der Waals surface area contributed by atoms with Gasteiger partial charge < -0.3 is 9.80 Å². The van der Waals surface area contributed by atoms with Gasteiger partial charge in [0.1, 0.15) is 0 Å².